The zero-order valence-corrected chi connectivity index (χ0v) is 13.0. The highest BCUT2D eigenvalue weighted by Crippen LogP contribution is 2.18. The Morgan fingerprint density at radius 3 is 2.41 bits per heavy atom. The van der Waals surface area contributed by atoms with E-state index in [1.165, 1.54) is 13.0 Å². The summed E-state index contributed by atoms with van der Waals surface area (Å²) in [6, 6.07) is 3.09. The van der Waals surface area contributed by atoms with E-state index in [1.54, 1.807) is 0 Å². The molecule has 0 aliphatic heterocycles. The van der Waals surface area contributed by atoms with Gasteiger partial charge in [0.15, 0.2) is 11.6 Å². The van der Waals surface area contributed by atoms with Crippen LogP contribution in [0.25, 0.3) is 0 Å². The molecule has 0 aromatic heterocycles. The predicted molar refractivity (Wildman–Crippen MR) is 80.6 cm³/mol. The lowest BCUT2D eigenvalue weighted by atomic mass is 10.2. The van der Waals surface area contributed by atoms with Gasteiger partial charge in [-0.05, 0) is 39.2 Å². The highest BCUT2D eigenvalue weighted by atomic mass is 19.2. The topological polar surface area (TPSA) is 52.7 Å². The molecule has 1 N–H and O–H groups in total. The Morgan fingerprint density at radius 1 is 1.18 bits per heavy atom. The molecule has 0 aliphatic rings. The summed E-state index contributed by atoms with van der Waals surface area (Å²) in [6.07, 6.45) is 0.782. The Morgan fingerprint density at radius 2 is 1.86 bits per heavy atom. The van der Waals surface area contributed by atoms with Crippen molar-refractivity contribution in [2.24, 2.45) is 0 Å². The Balaban J connectivity index is 2.62. The van der Waals surface area contributed by atoms with Crippen LogP contribution in [0.5, 0.6) is 0 Å². The number of carbonyl (C=O) groups is 2. The molecule has 0 radical (unpaired) electrons. The van der Waals surface area contributed by atoms with Gasteiger partial charge < -0.3 is 15.1 Å². The van der Waals surface area contributed by atoms with Gasteiger partial charge in [0.25, 0.3) is 0 Å². The molecule has 1 aromatic rings. The molecule has 0 bridgehead atoms. The molecule has 22 heavy (non-hydrogen) atoms. The number of carbonyl (C=O) groups excluding carboxylic acids is 2. The molecule has 1 rings (SSSR count). The van der Waals surface area contributed by atoms with Crippen LogP contribution in [0, 0.1) is 11.6 Å². The van der Waals surface area contributed by atoms with E-state index in [0.717, 1.165) is 30.0 Å². The van der Waals surface area contributed by atoms with Crippen molar-refractivity contribution in [1.29, 1.82) is 0 Å². The Hall–Kier alpha value is -2.02. The molecule has 122 valence electrons. The summed E-state index contributed by atoms with van der Waals surface area (Å²) in [7, 11) is 3.87. The third-order valence-corrected chi connectivity index (χ3v) is 3.00. The molecule has 0 spiro atoms. The highest BCUT2D eigenvalue weighted by molar-refractivity contribution is 5.97. The van der Waals surface area contributed by atoms with E-state index in [4.69, 9.17) is 0 Å². The van der Waals surface area contributed by atoms with Gasteiger partial charge in [-0.3, -0.25) is 9.59 Å². The number of anilines is 1. The van der Waals surface area contributed by atoms with E-state index in [9.17, 15) is 18.4 Å². The average molecular weight is 313 g/mol. The lowest BCUT2D eigenvalue weighted by Gasteiger charge is -2.21. The van der Waals surface area contributed by atoms with Crippen molar-refractivity contribution < 1.29 is 18.4 Å². The highest BCUT2D eigenvalue weighted by Gasteiger charge is 2.17. The fourth-order valence-electron chi connectivity index (χ4n) is 1.86. The van der Waals surface area contributed by atoms with Gasteiger partial charge in [0, 0.05) is 25.2 Å². The molecular weight excluding hydrogens is 292 g/mol. The summed E-state index contributed by atoms with van der Waals surface area (Å²) in [5, 5.41) is 2.69. The number of benzene rings is 1. The van der Waals surface area contributed by atoms with Crippen molar-refractivity contribution in [3.8, 4) is 0 Å². The largest absolute Gasteiger partial charge is 0.355 e. The van der Waals surface area contributed by atoms with Crippen LogP contribution in [0.4, 0.5) is 14.5 Å². The van der Waals surface area contributed by atoms with Crippen LogP contribution in [0.3, 0.4) is 0 Å². The van der Waals surface area contributed by atoms with Gasteiger partial charge in [0.1, 0.15) is 6.54 Å². The first-order valence-electron chi connectivity index (χ1n) is 6.96. The van der Waals surface area contributed by atoms with Crippen LogP contribution >= 0.6 is 0 Å². The van der Waals surface area contributed by atoms with Crippen molar-refractivity contribution in [3.63, 3.8) is 0 Å². The number of hydrogen-bond acceptors (Lipinski definition) is 3. The van der Waals surface area contributed by atoms with Gasteiger partial charge in [-0.2, -0.15) is 0 Å². The third kappa shape index (κ3) is 5.77. The number of rotatable bonds is 7. The maximum atomic E-state index is 13.2. The van der Waals surface area contributed by atoms with Gasteiger partial charge in [-0.1, -0.05) is 0 Å². The zero-order valence-electron chi connectivity index (χ0n) is 13.0. The van der Waals surface area contributed by atoms with Crippen LogP contribution < -0.4 is 10.2 Å². The number of halogens is 2. The standard InChI is InChI=1S/C15H21F2N3O2/c1-11(21)20(12-5-6-13(16)14(17)9-12)10-15(22)18-7-4-8-19(2)3/h5-6,9H,4,7-8,10H2,1-3H3,(H,18,22). The monoisotopic (exact) mass is 313 g/mol. The van der Waals surface area contributed by atoms with Crippen molar-refractivity contribution >= 4 is 17.5 Å². The van der Waals surface area contributed by atoms with Gasteiger partial charge in [0.2, 0.25) is 11.8 Å². The first-order valence-corrected chi connectivity index (χ1v) is 6.96. The van der Waals surface area contributed by atoms with E-state index in [0.29, 0.717) is 6.54 Å². The molecule has 5 nitrogen and oxygen atoms in total. The lowest BCUT2D eigenvalue weighted by Crippen LogP contribution is -2.40. The van der Waals surface area contributed by atoms with E-state index in [1.807, 2.05) is 19.0 Å². The molecule has 0 saturated heterocycles. The van der Waals surface area contributed by atoms with Gasteiger partial charge >= 0.3 is 0 Å². The lowest BCUT2D eigenvalue weighted by molar-refractivity contribution is -0.123. The number of nitrogens with one attached hydrogen (secondary N) is 1. The second-order valence-corrected chi connectivity index (χ2v) is 5.21. The summed E-state index contributed by atoms with van der Waals surface area (Å²) in [6.45, 7) is 2.35. The Labute approximate surface area is 128 Å². The number of amides is 2. The summed E-state index contributed by atoms with van der Waals surface area (Å²) < 4.78 is 26.2. The van der Waals surface area contributed by atoms with Crippen molar-refractivity contribution in [1.82, 2.24) is 10.2 Å². The van der Waals surface area contributed by atoms with Crippen molar-refractivity contribution in [2.45, 2.75) is 13.3 Å². The Kier molecular flexibility index (Phi) is 6.91. The molecule has 0 heterocycles. The van der Waals surface area contributed by atoms with Crippen LogP contribution in [0.2, 0.25) is 0 Å². The van der Waals surface area contributed by atoms with Crippen molar-refractivity contribution in [3.05, 3.63) is 29.8 Å². The minimum atomic E-state index is -1.06. The summed E-state index contributed by atoms with van der Waals surface area (Å²) in [5.74, 6) is -2.83. The van der Waals surface area contributed by atoms with E-state index in [2.05, 4.69) is 5.32 Å². The number of hydrogen-bond donors (Lipinski definition) is 1. The molecule has 0 saturated carbocycles. The smallest absolute Gasteiger partial charge is 0.240 e. The fraction of sp³-hybridized carbons (Fsp3) is 0.467. The molecule has 0 fully saturated rings. The number of nitrogens with zero attached hydrogens (tertiary/aromatic N) is 2. The quantitative estimate of drug-likeness (QED) is 0.774. The van der Waals surface area contributed by atoms with E-state index >= 15 is 0 Å². The van der Waals surface area contributed by atoms with Crippen LogP contribution in [0.1, 0.15) is 13.3 Å². The normalized spacial score (nSPS) is 10.6. The van der Waals surface area contributed by atoms with Crippen LogP contribution in [-0.2, 0) is 9.59 Å². The molecule has 0 atom stereocenters. The second kappa shape index (κ2) is 8.43. The van der Waals surface area contributed by atoms with Gasteiger partial charge in [-0.15, -0.1) is 0 Å². The minimum absolute atomic E-state index is 0.148. The molecule has 7 heteroatoms. The van der Waals surface area contributed by atoms with E-state index < -0.39 is 17.5 Å². The summed E-state index contributed by atoms with van der Waals surface area (Å²) >= 11 is 0. The van der Waals surface area contributed by atoms with Crippen molar-refractivity contribution in [2.75, 3.05) is 38.6 Å². The first kappa shape index (κ1) is 18.0. The molecule has 2 amide bonds. The molecular formula is C15H21F2N3O2. The predicted octanol–water partition coefficient (Wildman–Crippen LogP) is 1.39. The summed E-state index contributed by atoms with van der Waals surface area (Å²) in [5.41, 5.74) is 0.148. The third-order valence-electron chi connectivity index (χ3n) is 3.00. The van der Waals surface area contributed by atoms with Gasteiger partial charge in [0.05, 0.1) is 0 Å². The Bertz CT molecular complexity index is 536. The van der Waals surface area contributed by atoms with Crippen LogP contribution in [0.15, 0.2) is 18.2 Å². The first-order chi connectivity index (χ1) is 10.3. The molecule has 1 aromatic carbocycles. The SMILES string of the molecule is CC(=O)N(CC(=O)NCCCN(C)C)c1ccc(F)c(F)c1. The maximum absolute atomic E-state index is 13.2. The zero-order chi connectivity index (χ0) is 16.7. The van der Waals surface area contributed by atoms with Crippen LogP contribution in [-0.4, -0.2) is 50.4 Å². The van der Waals surface area contributed by atoms with Gasteiger partial charge in [-0.25, -0.2) is 8.78 Å². The molecule has 0 aliphatic carbocycles. The maximum Gasteiger partial charge on any atom is 0.240 e. The fourth-order valence-corrected chi connectivity index (χ4v) is 1.86. The second-order valence-electron chi connectivity index (χ2n) is 5.21. The molecule has 0 unspecified atom stereocenters. The average Bonchev–Trinajstić information content (AvgIpc) is 2.43. The van der Waals surface area contributed by atoms with E-state index in [-0.39, 0.29) is 18.1 Å². The minimum Gasteiger partial charge on any atom is -0.355 e. The summed E-state index contributed by atoms with van der Waals surface area (Å²) in [4.78, 5) is 26.6.